The van der Waals surface area contributed by atoms with Gasteiger partial charge in [0.15, 0.2) is 5.43 Å². The molecule has 1 aliphatic heterocycles. The third-order valence-corrected chi connectivity index (χ3v) is 10.8. The molecule has 0 atom stereocenters. The van der Waals surface area contributed by atoms with Crippen LogP contribution in [0.25, 0.3) is 54.9 Å². The van der Waals surface area contributed by atoms with Gasteiger partial charge in [-0.2, -0.15) is 13.2 Å². The Morgan fingerprint density at radius 3 is 1.74 bits per heavy atom. The van der Waals surface area contributed by atoms with E-state index >= 15 is 0 Å². The van der Waals surface area contributed by atoms with Crippen molar-refractivity contribution in [3.63, 3.8) is 0 Å². The minimum Gasteiger partial charge on any atom is -0.301 e. The zero-order valence-corrected chi connectivity index (χ0v) is 29.2. The van der Waals surface area contributed by atoms with Gasteiger partial charge in [-0.25, -0.2) is 0 Å². The van der Waals surface area contributed by atoms with Crippen LogP contribution in [0.5, 0.6) is 0 Å². The summed E-state index contributed by atoms with van der Waals surface area (Å²) < 4.78 is 41.7. The van der Waals surface area contributed by atoms with Crippen LogP contribution in [-0.2, 0) is 19.1 Å². The Morgan fingerprint density at radius 1 is 0.528 bits per heavy atom. The van der Waals surface area contributed by atoms with Crippen molar-refractivity contribution in [2.45, 2.75) is 32.0 Å². The summed E-state index contributed by atoms with van der Waals surface area (Å²) in [4.78, 5) is 46.9. The molecule has 0 spiro atoms. The van der Waals surface area contributed by atoms with Crippen molar-refractivity contribution in [2.24, 2.45) is 0 Å². The van der Waals surface area contributed by atoms with Gasteiger partial charge in [-0.3, -0.25) is 19.0 Å². The van der Waals surface area contributed by atoms with Crippen LogP contribution in [0.1, 0.15) is 24.0 Å². The van der Waals surface area contributed by atoms with Gasteiger partial charge in [0.1, 0.15) is 0 Å². The predicted molar refractivity (Wildman–Crippen MR) is 205 cm³/mol. The Kier molecular flexibility index (Phi) is 9.30. The fraction of sp³-hybridized carbons (Fsp3) is 0.250. The number of fused-ring (bicyclic) bond motifs is 4. The lowest BCUT2D eigenvalue weighted by Gasteiger charge is -2.34. The quantitative estimate of drug-likeness (QED) is 0.135. The van der Waals surface area contributed by atoms with Crippen molar-refractivity contribution in [3.05, 3.63) is 151 Å². The SMILES string of the molecule is O=c1cccc2cc3c(-c4ccccc4)c4c(=O)n(CCCCN5CCN(CCc6ccccc6C(F)(F)F)CC5)c(=O)c4c(-c4ccccc4)c3c1-2. The lowest BCUT2D eigenvalue weighted by molar-refractivity contribution is -0.138. The number of piperazine rings is 1. The molecule has 0 unspecified atom stereocenters. The molecular formula is C44H38F3N3O3. The number of unbranched alkanes of at least 4 members (excludes halogenated alkanes) is 1. The van der Waals surface area contributed by atoms with Crippen molar-refractivity contribution >= 4 is 21.5 Å². The fourth-order valence-corrected chi connectivity index (χ4v) is 8.19. The van der Waals surface area contributed by atoms with E-state index in [1.807, 2.05) is 72.8 Å². The molecule has 0 N–H and O–H groups in total. The molecule has 53 heavy (non-hydrogen) atoms. The molecule has 1 saturated heterocycles. The molecular weight excluding hydrogens is 675 g/mol. The first kappa shape index (κ1) is 34.7. The fourth-order valence-electron chi connectivity index (χ4n) is 8.19. The summed E-state index contributed by atoms with van der Waals surface area (Å²) in [6.07, 6.45) is -2.61. The third kappa shape index (κ3) is 6.49. The number of rotatable bonds is 10. The van der Waals surface area contributed by atoms with Gasteiger partial charge in [-0.15, -0.1) is 0 Å². The Bertz CT molecular complexity index is 2530. The maximum atomic E-state index is 14.5. The van der Waals surface area contributed by atoms with Crippen LogP contribution in [0, 0.1) is 0 Å². The van der Waals surface area contributed by atoms with Crippen molar-refractivity contribution in [1.82, 2.24) is 14.4 Å². The van der Waals surface area contributed by atoms with Gasteiger partial charge < -0.3 is 9.80 Å². The van der Waals surface area contributed by atoms with Crippen molar-refractivity contribution in [3.8, 4) is 33.4 Å². The summed E-state index contributed by atoms with van der Waals surface area (Å²) >= 11 is 0. The van der Waals surface area contributed by atoms with Gasteiger partial charge in [0.25, 0.3) is 11.1 Å². The predicted octanol–water partition coefficient (Wildman–Crippen LogP) is 7.85. The smallest absolute Gasteiger partial charge is 0.301 e. The van der Waals surface area contributed by atoms with Gasteiger partial charge in [-0.1, -0.05) is 91.0 Å². The minimum atomic E-state index is -4.36. The Morgan fingerprint density at radius 2 is 1.08 bits per heavy atom. The monoisotopic (exact) mass is 713 g/mol. The molecule has 1 fully saturated rings. The van der Waals surface area contributed by atoms with E-state index in [1.165, 1.54) is 10.6 Å². The second kappa shape index (κ2) is 14.2. The highest BCUT2D eigenvalue weighted by atomic mass is 19.4. The maximum Gasteiger partial charge on any atom is 0.416 e. The molecule has 3 aliphatic rings. The lowest BCUT2D eigenvalue weighted by Crippen LogP contribution is -2.47. The summed E-state index contributed by atoms with van der Waals surface area (Å²) in [7, 11) is 0. The van der Waals surface area contributed by atoms with Crippen LogP contribution < -0.4 is 16.5 Å². The molecule has 0 saturated carbocycles. The molecule has 5 aromatic rings. The van der Waals surface area contributed by atoms with Crippen LogP contribution in [-0.4, -0.2) is 53.6 Å². The minimum absolute atomic E-state index is 0.130. The van der Waals surface area contributed by atoms with Crippen LogP contribution in [0.4, 0.5) is 13.2 Å². The van der Waals surface area contributed by atoms with Gasteiger partial charge in [0.05, 0.1) is 16.3 Å². The highest BCUT2D eigenvalue weighted by molar-refractivity contribution is 6.26. The number of benzene rings is 5. The largest absolute Gasteiger partial charge is 0.416 e. The molecule has 0 bridgehead atoms. The molecule has 2 aliphatic carbocycles. The summed E-state index contributed by atoms with van der Waals surface area (Å²) in [5, 5.41) is 2.20. The highest BCUT2D eigenvalue weighted by Crippen LogP contribution is 2.47. The molecule has 2 heterocycles. The van der Waals surface area contributed by atoms with Gasteiger partial charge in [0, 0.05) is 61.3 Å². The molecule has 4 aromatic carbocycles. The van der Waals surface area contributed by atoms with Crippen molar-refractivity contribution in [2.75, 3.05) is 39.3 Å². The first-order chi connectivity index (χ1) is 25.7. The molecule has 1 aromatic heterocycles. The molecule has 268 valence electrons. The normalized spacial score (nSPS) is 14.5. The number of alkyl halides is 3. The van der Waals surface area contributed by atoms with Gasteiger partial charge in [0.2, 0.25) is 0 Å². The van der Waals surface area contributed by atoms with E-state index in [0.717, 1.165) is 67.3 Å². The summed E-state index contributed by atoms with van der Waals surface area (Å²) in [6.45, 7) is 4.79. The Balaban J connectivity index is 1.05. The lowest BCUT2D eigenvalue weighted by atomic mass is 9.88. The number of aromatic nitrogens is 1. The van der Waals surface area contributed by atoms with Gasteiger partial charge >= 0.3 is 6.18 Å². The van der Waals surface area contributed by atoms with E-state index in [2.05, 4.69) is 9.80 Å². The average Bonchev–Trinajstić information content (AvgIpc) is 3.67. The number of hydrogen-bond acceptors (Lipinski definition) is 5. The van der Waals surface area contributed by atoms with E-state index in [4.69, 9.17) is 0 Å². The van der Waals surface area contributed by atoms with E-state index in [9.17, 15) is 27.6 Å². The zero-order chi connectivity index (χ0) is 36.7. The Labute approximate surface area is 304 Å². The van der Waals surface area contributed by atoms with Crippen LogP contribution in [0.15, 0.2) is 124 Å². The molecule has 6 nitrogen and oxygen atoms in total. The number of hydrogen-bond donors (Lipinski definition) is 0. The summed E-state index contributed by atoms with van der Waals surface area (Å²) in [6, 6.07) is 32.1. The summed E-state index contributed by atoms with van der Waals surface area (Å²) in [5.74, 6) is 0. The van der Waals surface area contributed by atoms with Gasteiger partial charge in [-0.05, 0) is 71.6 Å². The topological polar surface area (TPSA) is 62.6 Å². The molecule has 8 rings (SSSR count). The second-order valence-corrected chi connectivity index (χ2v) is 13.9. The zero-order valence-electron chi connectivity index (χ0n) is 29.2. The van der Waals surface area contributed by atoms with Crippen LogP contribution in [0.3, 0.4) is 0 Å². The molecule has 0 radical (unpaired) electrons. The van der Waals surface area contributed by atoms with E-state index in [0.29, 0.717) is 57.8 Å². The van der Waals surface area contributed by atoms with Crippen LogP contribution in [0.2, 0.25) is 0 Å². The first-order valence-electron chi connectivity index (χ1n) is 18.2. The van der Waals surface area contributed by atoms with E-state index in [-0.39, 0.29) is 23.1 Å². The number of halogens is 3. The van der Waals surface area contributed by atoms with Crippen molar-refractivity contribution < 1.29 is 13.2 Å². The van der Waals surface area contributed by atoms with Crippen LogP contribution >= 0.6 is 0 Å². The third-order valence-electron chi connectivity index (χ3n) is 10.8. The van der Waals surface area contributed by atoms with E-state index in [1.54, 1.807) is 24.3 Å². The average molecular weight is 714 g/mol. The summed E-state index contributed by atoms with van der Waals surface area (Å²) in [5.41, 5.74) is 3.16. The second-order valence-electron chi connectivity index (χ2n) is 13.9. The first-order valence-corrected chi connectivity index (χ1v) is 18.2. The molecule has 0 amide bonds. The standard InChI is InChI=1S/C44H38F3N3O3/c45-44(46,47)34-18-8-7-12-29(34)20-23-49-26-24-48(25-27-49)21-9-10-22-50-42(52)40-36(30-13-3-1-4-14-30)33-28-32-17-11-19-35(51)37(32)39(33)38(41(40)43(50)53)31-15-5-2-6-16-31/h1-8,11-19,28H,9-10,20-27H2. The molecule has 9 heteroatoms. The van der Waals surface area contributed by atoms with E-state index < -0.39 is 11.7 Å². The number of nitrogens with zero attached hydrogens (tertiary/aromatic N) is 3. The Hall–Kier alpha value is -5.38. The highest BCUT2D eigenvalue weighted by Gasteiger charge is 2.33. The maximum absolute atomic E-state index is 14.5. The van der Waals surface area contributed by atoms with Crippen molar-refractivity contribution in [1.29, 1.82) is 0 Å².